The van der Waals surface area contributed by atoms with Gasteiger partial charge in [0.15, 0.2) is 0 Å². The molecule has 0 amide bonds. The lowest BCUT2D eigenvalue weighted by molar-refractivity contribution is -0.386. The molecule has 0 bridgehead atoms. The van der Waals surface area contributed by atoms with E-state index in [1.165, 1.54) is 6.07 Å². The Kier molecular flexibility index (Phi) is 6.72. The highest BCUT2D eigenvalue weighted by Crippen LogP contribution is 2.26. The largest absolute Gasteiger partial charge is 0.471 e. The average Bonchev–Trinajstić information content (AvgIpc) is 2.44. The molecular formula is C13H22N4O3. The van der Waals surface area contributed by atoms with E-state index in [9.17, 15) is 10.1 Å². The molecule has 7 nitrogen and oxygen atoms in total. The Balaban J connectivity index is 2.74. The van der Waals surface area contributed by atoms with Crippen molar-refractivity contribution in [3.8, 4) is 5.88 Å². The Morgan fingerprint density at radius 1 is 1.35 bits per heavy atom. The third-order valence-corrected chi connectivity index (χ3v) is 2.94. The molecule has 1 rings (SSSR count). The van der Waals surface area contributed by atoms with Gasteiger partial charge in [-0.2, -0.15) is 4.98 Å². The fraction of sp³-hybridized carbons (Fsp3) is 0.615. The van der Waals surface area contributed by atoms with E-state index < -0.39 is 4.92 Å². The Bertz CT molecular complexity index is 436. The van der Waals surface area contributed by atoms with Crippen LogP contribution in [0.2, 0.25) is 0 Å². The van der Waals surface area contributed by atoms with Crippen LogP contribution in [0.5, 0.6) is 5.88 Å². The molecule has 1 aromatic rings. The number of pyridine rings is 1. The number of nitrogens with zero attached hydrogens (tertiary/aromatic N) is 3. The van der Waals surface area contributed by atoms with E-state index in [2.05, 4.69) is 29.0 Å². The van der Waals surface area contributed by atoms with Crippen molar-refractivity contribution in [1.82, 2.24) is 9.88 Å². The summed E-state index contributed by atoms with van der Waals surface area (Å²) in [6.45, 7) is 9.71. The monoisotopic (exact) mass is 282 g/mol. The number of anilines is 1. The van der Waals surface area contributed by atoms with Gasteiger partial charge >= 0.3 is 5.69 Å². The van der Waals surface area contributed by atoms with Crippen LogP contribution in [0.3, 0.4) is 0 Å². The van der Waals surface area contributed by atoms with Crippen molar-refractivity contribution in [2.75, 3.05) is 38.1 Å². The Hall–Kier alpha value is -1.89. The first-order valence-corrected chi connectivity index (χ1v) is 6.86. The van der Waals surface area contributed by atoms with E-state index in [-0.39, 0.29) is 11.6 Å². The second kappa shape index (κ2) is 8.31. The Labute approximate surface area is 119 Å². The maximum absolute atomic E-state index is 11.0. The predicted molar refractivity (Wildman–Crippen MR) is 78.3 cm³/mol. The fourth-order valence-electron chi connectivity index (χ4n) is 1.77. The summed E-state index contributed by atoms with van der Waals surface area (Å²) in [5.41, 5.74) is -0.105. The summed E-state index contributed by atoms with van der Waals surface area (Å²) < 4.78 is 5.49. The third kappa shape index (κ3) is 4.65. The number of aromatic nitrogens is 1. The van der Waals surface area contributed by atoms with Gasteiger partial charge in [0.2, 0.25) is 0 Å². The van der Waals surface area contributed by atoms with E-state index in [4.69, 9.17) is 4.74 Å². The van der Waals surface area contributed by atoms with Crippen molar-refractivity contribution in [1.29, 1.82) is 0 Å². The van der Waals surface area contributed by atoms with Crippen LogP contribution in [0.4, 0.5) is 11.5 Å². The topological polar surface area (TPSA) is 80.5 Å². The van der Waals surface area contributed by atoms with Crippen molar-refractivity contribution in [3.63, 3.8) is 0 Å². The van der Waals surface area contributed by atoms with Crippen molar-refractivity contribution >= 4 is 11.5 Å². The van der Waals surface area contributed by atoms with Gasteiger partial charge in [-0.3, -0.25) is 10.1 Å². The number of ether oxygens (including phenoxy) is 1. The molecule has 1 N–H and O–H groups in total. The second-order valence-corrected chi connectivity index (χ2v) is 4.18. The standard InChI is InChI=1S/C13H22N4O3/c1-4-14-12-8-7-11(17(18)19)13(15-12)20-10-9-16(5-2)6-3/h7-8H,4-6,9-10H2,1-3H3,(H,14,15). The lowest BCUT2D eigenvalue weighted by Crippen LogP contribution is -2.28. The molecule has 0 unspecified atom stereocenters. The quantitative estimate of drug-likeness (QED) is 0.552. The van der Waals surface area contributed by atoms with Crippen LogP contribution < -0.4 is 10.1 Å². The first kappa shape index (κ1) is 16.2. The van der Waals surface area contributed by atoms with Crippen LogP contribution in [-0.4, -0.2) is 47.6 Å². The highest BCUT2D eigenvalue weighted by atomic mass is 16.6. The fourth-order valence-corrected chi connectivity index (χ4v) is 1.77. The van der Waals surface area contributed by atoms with E-state index in [1.54, 1.807) is 6.07 Å². The molecule has 0 aliphatic carbocycles. The predicted octanol–water partition coefficient (Wildman–Crippen LogP) is 2.14. The zero-order chi connectivity index (χ0) is 15.0. The van der Waals surface area contributed by atoms with E-state index in [1.807, 2.05) is 6.92 Å². The summed E-state index contributed by atoms with van der Waals surface area (Å²) in [6.07, 6.45) is 0. The minimum absolute atomic E-state index is 0.0700. The Morgan fingerprint density at radius 3 is 2.60 bits per heavy atom. The molecule has 1 heterocycles. The van der Waals surface area contributed by atoms with Crippen LogP contribution in [0, 0.1) is 10.1 Å². The molecule has 0 aromatic carbocycles. The molecule has 0 radical (unpaired) electrons. The normalized spacial score (nSPS) is 10.6. The number of rotatable bonds is 9. The first-order chi connectivity index (χ1) is 9.62. The Morgan fingerprint density at radius 2 is 2.05 bits per heavy atom. The molecule has 0 atom stereocenters. The minimum Gasteiger partial charge on any atom is -0.471 e. The van der Waals surface area contributed by atoms with Gasteiger partial charge in [0.25, 0.3) is 5.88 Å². The summed E-state index contributed by atoms with van der Waals surface area (Å²) in [5, 5.41) is 14.0. The molecule has 1 aromatic heterocycles. The maximum Gasteiger partial charge on any atom is 0.331 e. The van der Waals surface area contributed by atoms with Gasteiger partial charge < -0.3 is 15.0 Å². The lowest BCUT2D eigenvalue weighted by atomic mass is 10.4. The molecule has 0 saturated carbocycles. The maximum atomic E-state index is 11.0. The lowest BCUT2D eigenvalue weighted by Gasteiger charge is -2.17. The summed E-state index contributed by atoms with van der Waals surface area (Å²) in [6, 6.07) is 3.00. The van der Waals surface area contributed by atoms with E-state index in [0.29, 0.717) is 19.0 Å². The van der Waals surface area contributed by atoms with Crippen LogP contribution >= 0.6 is 0 Å². The van der Waals surface area contributed by atoms with Crippen molar-refractivity contribution in [3.05, 3.63) is 22.2 Å². The van der Waals surface area contributed by atoms with Gasteiger partial charge in [0.05, 0.1) is 4.92 Å². The molecule has 0 fully saturated rings. The number of nitrogens with one attached hydrogen (secondary N) is 1. The molecule has 20 heavy (non-hydrogen) atoms. The second-order valence-electron chi connectivity index (χ2n) is 4.18. The summed E-state index contributed by atoms with van der Waals surface area (Å²) in [7, 11) is 0. The molecule has 0 spiro atoms. The van der Waals surface area contributed by atoms with Gasteiger partial charge in [-0.1, -0.05) is 13.8 Å². The van der Waals surface area contributed by atoms with E-state index >= 15 is 0 Å². The SMILES string of the molecule is CCNc1ccc([N+](=O)[O-])c(OCCN(CC)CC)n1. The van der Waals surface area contributed by atoms with Crippen molar-refractivity contribution < 1.29 is 9.66 Å². The van der Waals surface area contributed by atoms with Gasteiger partial charge in [0, 0.05) is 19.2 Å². The zero-order valence-corrected chi connectivity index (χ0v) is 12.3. The van der Waals surface area contributed by atoms with Gasteiger partial charge in [-0.05, 0) is 26.1 Å². The summed E-state index contributed by atoms with van der Waals surface area (Å²) in [4.78, 5) is 16.8. The van der Waals surface area contributed by atoms with Crippen molar-refractivity contribution in [2.24, 2.45) is 0 Å². The first-order valence-electron chi connectivity index (χ1n) is 6.86. The highest BCUT2D eigenvalue weighted by Gasteiger charge is 2.17. The molecule has 0 saturated heterocycles. The smallest absolute Gasteiger partial charge is 0.331 e. The summed E-state index contributed by atoms with van der Waals surface area (Å²) in [5.74, 6) is 0.650. The number of nitro groups is 1. The number of hydrogen-bond acceptors (Lipinski definition) is 6. The van der Waals surface area contributed by atoms with Crippen LogP contribution in [-0.2, 0) is 0 Å². The molecular weight excluding hydrogens is 260 g/mol. The molecule has 0 aliphatic heterocycles. The highest BCUT2D eigenvalue weighted by molar-refractivity contribution is 5.49. The average molecular weight is 282 g/mol. The number of likely N-dealkylation sites (N-methyl/N-ethyl adjacent to an activating group) is 1. The van der Waals surface area contributed by atoms with Gasteiger partial charge in [-0.15, -0.1) is 0 Å². The van der Waals surface area contributed by atoms with Crippen LogP contribution in [0.25, 0.3) is 0 Å². The number of hydrogen-bond donors (Lipinski definition) is 1. The van der Waals surface area contributed by atoms with Gasteiger partial charge in [0.1, 0.15) is 12.4 Å². The van der Waals surface area contributed by atoms with Crippen LogP contribution in [0.1, 0.15) is 20.8 Å². The zero-order valence-electron chi connectivity index (χ0n) is 12.3. The molecule has 0 aliphatic rings. The minimum atomic E-state index is -0.477. The van der Waals surface area contributed by atoms with E-state index in [0.717, 1.165) is 19.6 Å². The van der Waals surface area contributed by atoms with Crippen LogP contribution in [0.15, 0.2) is 12.1 Å². The molecule has 112 valence electrons. The van der Waals surface area contributed by atoms with Gasteiger partial charge in [-0.25, -0.2) is 0 Å². The third-order valence-electron chi connectivity index (χ3n) is 2.94. The molecule has 7 heteroatoms. The summed E-state index contributed by atoms with van der Waals surface area (Å²) >= 11 is 0. The van der Waals surface area contributed by atoms with Crippen molar-refractivity contribution in [2.45, 2.75) is 20.8 Å².